The molecule has 1 amide bonds. The Morgan fingerprint density at radius 1 is 1.26 bits per heavy atom. The molecule has 0 aliphatic carbocycles. The van der Waals surface area contributed by atoms with Crippen molar-refractivity contribution in [3.05, 3.63) is 34.5 Å². The molecule has 1 unspecified atom stereocenters. The van der Waals surface area contributed by atoms with Crippen LogP contribution in [-0.4, -0.2) is 41.7 Å². The van der Waals surface area contributed by atoms with Crippen molar-refractivity contribution in [2.24, 2.45) is 0 Å². The third kappa shape index (κ3) is 3.53. The maximum absolute atomic E-state index is 12.2. The standard InChI is InChI=1S/C17H22N2O4/c1-9-5-6-10(2)16-15(9)12(11(3)18-16)7-14(20)19-13(8-23-4)17(21)22/h5-6,13,18H,7-8H2,1-4H3,(H,19,20)(H,21,22). The van der Waals surface area contributed by atoms with Crippen LogP contribution in [0.5, 0.6) is 0 Å². The number of carbonyl (C=O) groups is 2. The smallest absolute Gasteiger partial charge is 0.328 e. The molecule has 6 nitrogen and oxygen atoms in total. The summed E-state index contributed by atoms with van der Waals surface area (Å²) in [6.45, 7) is 5.87. The SMILES string of the molecule is COCC(NC(=O)Cc1c(C)[nH]c2c(C)ccc(C)c12)C(=O)O. The number of hydrogen-bond acceptors (Lipinski definition) is 3. The zero-order valence-electron chi connectivity index (χ0n) is 13.8. The van der Waals surface area contributed by atoms with Crippen molar-refractivity contribution in [1.29, 1.82) is 0 Å². The van der Waals surface area contributed by atoms with E-state index in [-0.39, 0.29) is 18.9 Å². The molecule has 2 aromatic rings. The van der Waals surface area contributed by atoms with E-state index in [1.54, 1.807) is 0 Å². The molecule has 0 saturated heterocycles. The lowest BCUT2D eigenvalue weighted by Gasteiger charge is -2.13. The minimum atomic E-state index is -1.11. The van der Waals surface area contributed by atoms with Crippen molar-refractivity contribution < 1.29 is 19.4 Å². The van der Waals surface area contributed by atoms with Gasteiger partial charge in [0, 0.05) is 23.7 Å². The fraction of sp³-hybridized carbons (Fsp3) is 0.412. The zero-order valence-corrected chi connectivity index (χ0v) is 13.8. The number of aryl methyl sites for hydroxylation is 3. The highest BCUT2D eigenvalue weighted by molar-refractivity contribution is 5.94. The monoisotopic (exact) mass is 318 g/mol. The maximum atomic E-state index is 12.2. The van der Waals surface area contributed by atoms with Crippen LogP contribution in [0.1, 0.15) is 22.4 Å². The summed E-state index contributed by atoms with van der Waals surface area (Å²) in [6.07, 6.45) is 0.129. The van der Waals surface area contributed by atoms with Crippen molar-refractivity contribution in [3.8, 4) is 0 Å². The van der Waals surface area contributed by atoms with E-state index in [0.29, 0.717) is 0 Å². The normalized spacial score (nSPS) is 12.3. The number of aliphatic carboxylic acids is 1. The fourth-order valence-electron chi connectivity index (χ4n) is 2.78. The first kappa shape index (κ1) is 17.0. The lowest BCUT2D eigenvalue weighted by Crippen LogP contribution is -2.44. The molecule has 1 aromatic heterocycles. The van der Waals surface area contributed by atoms with Gasteiger partial charge in [0.15, 0.2) is 6.04 Å². The van der Waals surface area contributed by atoms with E-state index in [2.05, 4.69) is 10.3 Å². The lowest BCUT2D eigenvalue weighted by molar-refractivity contribution is -0.143. The second-order valence-corrected chi connectivity index (χ2v) is 5.77. The Morgan fingerprint density at radius 3 is 2.52 bits per heavy atom. The average molecular weight is 318 g/mol. The molecular formula is C17H22N2O4. The van der Waals surface area contributed by atoms with Crippen molar-refractivity contribution in [2.45, 2.75) is 33.2 Å². The van der Waals surface area contributed by atoms with E-state index in [4.69, 9.17) is 9.84 Å². The number of methoxy groups -OCH3 is 1. The molecule has 0 aliphatic rings. The lowest BCUT2D eigenvalue weighted by atomic mass is 10.0. The Labute approximate surface area is 134 Å². The molecule has 0 bridgehead atoms. The van der Waals surface area contributed by atoms with Crippen molar-refractivity contribution in [1.82, 2.24) is 10.3 Å². The Morgan fingerprint density at radius 2 is 1.91 bits per heavy atom. The number of aromatic nitrogens is 1. The van der Waals surface area contributed by atoms with Gasteiger partial charge in [0.25, 0.3) is 0 Å². The highest BCUT2D eigenvalue weighted by atomic mass is 16.5. The molecule has 3 N–H and O–H groups in total. The van der Waals surface area contributed by atoms with E-state index in [0.717, 1.165) is 33.3 Å². The van der Waals surface area contributed by atoms with E-state index < -0.39 is 12.0 Å². The van der Waals surface area contributed by atoms with Gasteiger partial charge in [0.05, 0.1) is 13.0 Å². The van der Waals surface area contributed by atoms with Crippen LogP contribution >= 0.6 is 0 Å². The summed E-state index contributed by atoms with van der Waals surface area (Å²) in [5.41, 5.74) is 5.05. The van der Waals surface area contributed by atoms with Gasteiger partial charge in [-0.15, -0.1) is 0 Å². The molecular weight excluding hydrogens is 296 g/mol. The topological polar surface area (TPSA) is 91.4 Å². The summed E-state index contributed by atoms with van der Waals surface area (Å²) < 4.78 is 4.83. The maximum Gasteiger partial charge on any atom is 0.328 e. The molecule has 23 heavy (non-hydrogen) atoms. The van der Waals surface area contributed by atoms with Crippen LogP contribution in [0.25, 0.3) is 10.9 Å². The molecule has 0 spiro atoms. The van der Waals surface area contributed by atoms with E-state index in [9.17, 15) is 9.59 Å². The summed E-state index contributed by atoms with van der Waals surface area (Å²) in [7, 11) is 1.40. The summed E-state index contributed by atoms with van der Waals surface area (Å²) >= 11 is 0. The number of H-pyrrole nitrogens is 1. The van der Waals surface area contributed by atoms with Crippen LogP contribution in [0.2, 0.25) is 0 Å². The number of amides is 1. The fourth-order valence-corrected chi connectivity index (χ4v) is 2.78. The third-order valence-electron chi connectivity index (χ3n) is 3.99. The van der Waals surface area contributed by atoms with Gasteiger partial charge in [-0.1, -0.05) is 12.1 Å². The Kier molecular flexibility index (Phi) is 5.05. The van der Waals surface area contributed by atoms with Gasteiger partial charge in [0.2, 0.25) is 5.91 Å². The summed E-state index contributed by atoms with van der Waals surface area (Å²) in [6, 6.07) is 3.02. The largest absolute Gasteiger partial charge is 0.480 e. The molecule has 1 aromatic carbocycles. The number of hydrogen-bond donors (Lipinski definition) is 3. The van der Waals surface area contributed by atoms with Gasteiger partial charge in [-0.05, 0) is 37.5 Å². The summed E-state index contributed by atoms with van der Waals surface area (Å²) in [5, 5.41) is 12.6. The van der Waals surface area contributed by atoms with Crippen molar-refractivity contribution >= 4 is 22.8 Å². The van der Waals surface area contributed by atoms with E-state index in [1.165, 1.54) is 7.11 Å². The predicted octanol–water partition coefficient (Wildman–Crippen LogP) is 1.85. The number of aromatic amines is 1. The van der Waals surface area contributed by atoms with Gasteiger partial charge in [0.1, 0.15) is 0 Å². The molecule has 1 heterocycles. The molecule has 2 rings (SSSR count). The first-order valence-electron chi connectivity index (χ1n) is 7.43. The number of carboxylic acid groups (broad SMARTS) is 1. The summed E-state index contributed by atoms with van der Waals surface area (Å²) in [5.74, 6) is -1.44. The molecule has 1 atom stereocenters. The quantitative estimate of drug-likeness (QED) is 0.758. The number of carbonyl (C=O) groups excluding carboxylic acids is 1. The second kappa shape index (κ2) is 6.83. The number of carboxylic acids is 1. The molecule has 6 heteroatoms. The second-order valence-electron chi connectivity index (χ2n) is 5.77. The molecule has 0 radical (unpaired) electrons. The molecule has 0 saturated carbocycles. The molecule has 0 aliphatic heterocycles. The van der Waals surface area contributed by atoms with Gasteiger partial charge in [-0.25, -0.2) is 4.79 Å². The van der Waals surface area contributed by atoms with Gasteiger partial charge in [-0.2, -0.15) is 0 Å². The molecule has 0 fully saturated rings. The Bertz CT molecular complexity index is 749. The number of rotatable bonds is 6. The number of benzene rings is 1. The van der Waals surface area contributed by atoms with Crippen LogP contribution in [0, 0.1) is 20.8 Å². The van der Waals surface area contributed by atoms with Crippen LogP contribution < -0.4 is 5.32 Å². The Hall–Kier alpha value is -2.34. The highest BCUT2D eigenvalue weighted by Crippen LogP contribution is 2.28. The van der Waals surface area contributed by atoms with Crippen LogP contribution in [0.4, 0.5) is 0 Å². The predicted molar refractivity (Wildman–Crippen MR) is 87.7 cm³/mol. The number of fused-ring (bicyclic) bond motifs is 1. The minimum absolute atomic E-state index is 0.0634. The van der Waals surface area contributed by atoms with Crippen LogP contribution in [0.15, 0.2) is 12.1 Å². The number of ether oxygens (including phenoxy) is 1. The van der Waals surface area contributed by atoms with Gasteiger partial charge < -0.3 is 20.1 Å². The van der Waals surface area contributed by atoms with Crippen LogP contribution in [0.3, 0.4) is 0 Å². The van der Waals surface area contributed by atoms with E-state index >= 15 is 0 Å². The van der Waals surface area contributed by atoms with Gasteiger partial charge in [-0.3, -0.25) is 4.79 Å². The number of nitrogens with one attached hydrogen (secondary N) is 2. The van der Waals surface area contributed by atoms with Crippen LogP contribution in [-0.2, 0) is 20.7 Å². The van der Waals surface area contributed by atoms with Crippen molar-refractivity contribution in [2.75, 3.05) is 13.7 Å². The minimum Gasteiger partial charge on any atom is -0.480 e. The zero-order chi connectivity index (χ0) is 17.1. The third-order valence-corrected chi connectivity index (χ3v) is 3.99. The average Bonchev–Trinajstić information content (AvgIpc) is 2.81. The van der Waals surface area contributed by atoms with Gasteiger partial charge >= 0.3 is 5.97 Å². The van der Waals surface area contributed by atoms with Crippen molar-refractivity contribution in [3.63, 3.8) is 0 Å². The Balaban J connectivity index is 2.28. The first-order valence-corrected chi connectivity index (χ1v) is 7.43. The summed E-state index contributed by atoms with van der Waals surface area (Å²) in [4.78, 5) is 26.7. The van der Waals surface area contributed by atoms with E-state index in [1.807, 2.05) is 32.9 Å². The highest BCUT2D eigenvalue weighted by Gasteiger charge is 2.21. The molecule has 124 valence electrons. The first-order chi connectivity index (χ1) is 10.8.